The van der Waals surface area contributed by atoms with Gasteiger partial charge in [-0.1, -0.05) is 64.4 Å². The molecule has 2 amide bonds. The van der Waals surface area contributed by atoms with Crippen molar-refractivity contribution in [3.05, 3.63) is 35.9 Å². The molecule has 0 bridgehead atoms. The molecule has 0 aliphatic rings. The third-order valence-electron chi connectivity index (χ3n) is 3.68. The maximum Gasteiger partial charge on any atom is 0.414 e. The van der Waals surface area contributed by atoms with Crippen LogP contribution in [-0.4, -0.2) is 24.6 Å². The lowest BCUT2D eigenvalue weighted by Gasteiger charge is -2.24. The van der Waals surface area contributed by atoms with Gasteiger partial charge < -0.3 is 10.1 Å². The molecule has 0 saturated carbocycles. The Labute approximate surface area is 138 Å². The highest BCUT2D eigenvalue weighted by atomic mass is 16.5. The minimum absolute atomic E-state index is 0.135. The Morgan fingerprint density at radius 1 is 1.13 bits per heavy atom. The molecule has 128 valence electrons. The zero-order valence-corrected chi connectivity index (χ0v) is 14.5. The normalized spacial score (nSPS) is 13.4. The topological polar surface area (TPSA) is 67.4 Å². The molecule has 0 unspecified atom stereocenters. The average Bonchev–Trinajstić information content (AvgIpc) is 2.53. The van der Waals surface area contributed by atoms with Crippen molar-refractivity contribution < 1.29 is 14.3 Å². The molecule has 0 aliphatic carbocycles. The largest absolute Gasteiger partial charge is 0.444 e. The monoisotopic (exact) mass is 320 g/mol. The van der Waals surface area contributed by atoms with Gasteiger partial charge in [-0.2, -0.15) is 0 Å². The molecule has 1 rings (SSSR count). The smallest absolute Gasteiger partial charge is 0.414 e. The molecule has 1 aromatic rings. The first kappa shape index (κ1) is 19.2. The minimum Gasteiger partial charge on any atom is -0.444 e. The van der Waals surface area contributed by atoms with Crippen LogP contribution in [0.5, 0.6) is 0 Å². The van der Waals surface area contributed by atoms with E-state index in [0.29, 0.717) is 5.92 Å². The van der Waals surface area contributed by atoms with Gasteiger partial charge in [0.1, 0.15) is 6.61 Å². The van der Waals surface area contributed by atoms with Gasteiger partial charge in [0.05, 0.1) is 6.04 Å². The maximum atomic E-state index is 12.3. The number of ether oxygens (including phenoxy) is 1. The number of hydrogen-bond donors (Lipinski definition) is 2. The molecule has 0 aromatic heterocycles. The molecule has 0 aliphatic heterocycles. The van der Waals surface area contributed by atoms with E-state index in [4.69, 9.17) is 4.74 Å². The van der Waals surface area contributed by atoms with E-state index >= 15 is 0 Å². The Balaban J connectivity index is 2.50. The third kappa shape index (κ3) is 7.28. The first-order valence-corrected chi connectivity index (χ1v) is 8.19. The lowest BCUT2D eigenvalue weighted by molar-refractivity contribution is -0.123. The molecular formula is C18H28N2O3. The number of benzene rings is 1. The van der Waals surface area contributed by atoms with Crippen molar-refractivity contribution in [2.24, 2.45) is 11.8 Å². The van der Waals surface area contributed by atoms with E-state index in [1.165, 1.54) is 0 Å². The van der Waals surface area contributed by atoms with Gasteiger partial charge in [-0.15, -0.1) is 0 Å². The summed E-state index contributed by atoms with van der Waals surface area (Å²) in [7, 11) is 0. The van der Waals surface area contributed by atoms with E-state index in [0.717, 1.165) is 18.5 Å². The van der Waals surface area contributed by atoms with E-state index in [1.54, 1.807) is 0 Å². The van der Waals surface area contributed by atoms with Crippen LogP contribution in [0, 0.1) is 11.8 Å². The first-order valence-electron chi connectivity index (χ1n) is 8.19. The molecular weight excluding hydrogens is 292 g/mol. The van der Waals surface area contributed by atoms with Gasteiger partial charge in [0, 0.05) is 0 Å². The van der Waals surface area contributed by atoms with Crippen molar-refractivity contribution in [1.29, 1.82) is 0 Å². The van der Waals surface area contributed by atoms with Crippen molar-refractivity contribution in [2.45, 2.75) is 46.8 Å². The highest BCUT2D eigenvalue weighted by Crippen LogP contribution is 2.09. The number of alkyl carbamates (subject to hydrolysis) is 1. The Morgan fingerprint density at radius 3 is 2.35 bits per heavy atom. The molecule has 5 heteroatoms. The van der Waals surface area contributed by atoms with Crippen LogP contribution in [-0.2, 0) is 16.1 Å². The summed E-state index contributed by atoms with van der Waals surface area (Å²) in [6, 6.07) is 8.96. The van der Waals surface area contributed by atoms with Crippen LogP contribution in [0.25, 0.3) is 0 Å². The van der Waals surface area contributed by atoms with Crippen molar-refractivity contribution in [3.63, 3.8) is 0 Å². The second kappa shape index (κ2) is 10.0. The van der Waals surface area contributed by atoms with Crippen molar-refractivity contribution in [3.8, 4) is 0 Å². The molecule has 0 saturated heterocycles. The maximum absolute atomic E-state index is 12.3. The number of nitrogens with one attached hydrogen (secondary N) is 2. The summed E-state index contributed by atoms with van der Waals surface area (Å²) in [5, 5.41) is 5.56. The summed E-state index contributed by atoms with van der Waals surface area (Å²) in [6.07, 6.45) is 0.140. The fourth-order valence-corrected chi connectivity index (χ4v) is 2.09. The fraction of sp³-hybridized carbons (Fsp3) is 0.556. The zero-order chi connectivity index (χ0) is 17.2. The fourth-order valence-electron chi connectivity index (χ4n) is 2.09. The molecule has 0 spiro atoms. The molecule has 1 aromatic carbocycles. The van der Waals surface area contributed by atoms with Gasteiger partial charge in [-0.3, -0.25) is 10.1 Å². The van der Waals surface area contributed by atoms with Crippen molar-refractivity contribution in [1.82, 2.24) is 10.6 Å². The average molecular weight is 320 g/mol. The van der Waals surface area contributed by atoms with E-state index in [2.05, 4.69) is 24.5 Å². The molecule has 23 heavy (non-hydrogen) atoms. The van der Waals surface area contributed by atoms with Crippen LogP contribution in [0.2, 0.25) is 0 Å². The Kier molecular flexibility index (Phi) is 8.33. The predicted octanol–water partition coefficient (Wildman–Crippen LogP) is 3.10. The number of imide groups is 1. The second-order valence-electron chi connectivity index (χ2n) is 6.22. The van der Waals surface area contributed by atoms with Crippen LogP contribution in [0.15, 0.2) is 30.3 Å². The van der Waals surface area contributed by atoms with Crippen molar-refractivity contribution >= 4 is 12.0 Å². The second-order valence-corrected chi connectivity index (χ2v) is 6.22. The Morgan fingerprint density at radius 2 is 1.78 bits per heavy atom. The summed E-state index contributed by atoms with van der Waals surface area (Å²) in [5.41, 5.74) is 0.881. The highest BCUT2D eigenvalue weighted by Gasteiger charge is 2.25. The van der Waals surface area contributed by atoms with E-state index in [-0.39, 0.29) is 18.4 Å². The van der Waals surface area contributed by atoms with Crippen LogP contribution < -0.4 is 10.6 Å². The van der Waals surface area contributed by atoms with E-state index in [1.807, 2.05) is 44.2 Å². The number of amides is 2. The minimum atomic E-state index is -0.710. The van der Waals surface area contributed by atoms with Gasteiger partial charge in [0.15, 0.2) is 0 Å². The molecule has 5 nitrogen and oxygen atoms in total. The first-order chi connectivity index (χ1) is 10.9. The third-order valence-corrected chi connectivity index (χ3v) is 3.68. The quantitative estimate of drug-likeness (QED) is 0.772. The number of carbonyl (C=O) groups is 2. The summed E-state index contributed by atoms with van der Waals surface area (Å²) in [4.78, 5) is 24.1. The van der Waals surface area contributed by atoms with E-state index < -0.39 is 12.1 Å². The van der Waals surface area contributed by atoms with E-state index in [9.17, 15) is 9.59 Å². The van der Waals surface area contributed by atoms with Crippen LogP contribution in [0.4, 0.5) is 4.79 Å². The molecule has 2 N–H and O–H groups in total. The van der Waals surface area contributed by atoms with Crippen LogP contribution in [0.1, 0.15) is 39.7 Å². The van der Waals surface area contributed by atoms with Gasteiger partial charge in [-0.05, 0) is 23.9 Å². The Hall–Kier alpha value is -1.88. The van der Waals surface area contributed by atoms with Gasteiger partial charge in [0.2, 0.25) is 5.91 Å². The zero-order valence-electron chi connectivity index (χ0n) is 14.5. The van der Waals surface area contributed by atoms with Gasteiger partial charge >= 0.3 is 6.09 Å². The molecule has 0 radical (unpaired) electrons. The standard InChI is InChI=1S/C18H28N2O3/c1-5-14(4)16(19-11-13(2)3)17(21)20-18(22)23-12-15-9-7-6-8-10-15/h6-10,13-14,16,19H,5,11-12H2,1-4H3,(H,20,21,22)/t14-,16-/m0/s1. The van der Waals surface area contributed by atoms with Crippen LogP contribution >= 0.6 is 0 Å². The number of carbonyl (C=O) groups excluding carboxylic acids is 2. The summed E-state index contributed by atoms with van der Waals surface area (Å²) in [5.74, 6) is 0.230. The van der Waals surface area contributed by atoms with Gasteiger partial charge in [-0.25, -0.2) is 4.79 Å². The lowest BCUT2D eigenvalue weighted by atomic mass is 9.98. The van der Waals surface area contributed by atoms with Gasteiger partial charge in [0.25, 0.3) is 0 Å². The molecule has 0 fully saturated rings. The van der Waals surface area contributed by atoms with Crippen molar-refractivity contribution in [2.75, 3.05) is 6.54 Å². The molecule has 2 atom stereocenters. The summed E-state index contributed by atoms with van der Waals surface area (Å²) < 4.78 is 5.09. The number of rotatable bonds is 8. The SMILES string of the molecule is CC[C@H](C)[C@H](NCC(C)C)C(=O)NC(=O)OCc1ccccc1. The summed E-state index contributed by atoms with van der Waals surface area (Å²) >= 11 is 0. The predicted molar refractivity (Wildman–Crippen MR) is 90.9 cm³/mol. The lowest BCUT2D eigenvalue weighted by Crippen LogP contribution is -2.50. The summed E-state index contributed by atoms with van der Waals surface area (Å²) in [6.45, 7) is 9.04. The number of hydrogen-bond acceptors (Lipinski definition) is 4. The van der Waals surface area contributed by atoms with Crippen LogP contribution in [0.3, 0.4) is 0 Å². The molecule has 0 heterocycles. The Bertz CT molecular complexity index is 488. The highest BCUT2D eigenvalue weighted by molar-refractivity contribution is 5.95.